The number of nitro benzene ring substituents is 1. The third kappa shape index (κ3) is 3.62. The maximum Gasteiger partial charge on any atom is 0.277 e. The minimum absolute atomic E-state index is 0.0766. The molecular weight excluding hydrogens is 436 g/mol. The molecule has 1 heterocycles. The van der Waals surface area contributed by atoms with E-state index in [1.54, 1.807) is 10.6 Å². The van der Waals surface area contributed by atoms with Gasteiger partial charge in [-0.1, -0.05) is 46.3 Å². The molecule has 4 rings (SSSR count). The quantitative estimate of drug-likeness (QED) is 0.282. The monoisotopic (exact) mass is 450 g/mol. The molecule has 7 nitrogen and oxygen atoms in total. The number of hydrogen-bond acceptors (Lipinski definition) is 5. The normalized spacial score (nSPS) is 10.9. The summed E-state index contributed by atoms with van der Waals surface area (Å²) in [5, 5.41) is 11.2. The van der Waals surface area contributed by atoms with Crippen LogP contribution in [0.25, 0.3) is 22.3 Å². The van der Waals surface area contributed by atoms with Crippen LogP contribution in [0, 0.1) is 10.1 Å². The number of nitro groups is 1. The van der Waals surface area contributed by atoms with Crippen LogP contribution in [-0.2, 0) is 6.54 Å². The SMILES string of the molecule is Nc1ccc([N+](=O)[O-])cc1-c1nc2cc(Br)ccc2n(Cc2ccccc2)c1=O. The van der Waals surface area contributed by atoms with Gasteiger partial charge in [-0.3, -0.25) is 14.9 Å². The molecule has 3 aromatic carbocycles. The van der Waals surface area contributed by atoms with E-state index in [9.17, 15) is 14.9 Å². The van der Waals surface area contributed by atoms with Crippen molar-refractivity contribution >= 4 is 38.3 Å². The van der Waals surface area contributed by atoms with Crippen LogP contribution in [0.15, 0.2) is 76.0 Å². The van der Waals surface area contributed by atoms with Gasteiger partial charge in [0.1, 0.15) is 5.69 Å². The van der Waals surface area contributed by atoms with Gasteiger partial charge >= 0.3 is 0 Å². The lowest BCUT2D eigenvalue weighted by Gasteiger charge is -2.14. The third-order valence-corrected chi connectivity index (χ3v) is 5.09. The Morgan fingerprint density at radius 2 is 1.83 bits per heavy atom. The van der Waals surface area contributed by atoms with Crippen LogP contribution < -0.4 is 11.3 Å². The van der Waals surface area contributed by atoms with Gasteiger partial charge in [0.2, 0.25) is 0 Å². The summed E-state index contributed by atoms with van der Waals surface area (Å²) in [6.07, 6.45) is 0. The average Bonchev–Trinajstić information content (AvgIpc) is 2.71. The molecule has 0 bridgehead atoms. The number of rotatable bonds is 4. The first-order valence-corrected chi connectivity index (χ1v) is 9.51. The van der Waals surface area contributed by atoms with Gasteiger partial charge in [0.05, 0.1) is 22.5 Å². The van der Waals surface area contributed by atoms with E-state index in [1.165, 1.54) is 18.2 Å². The zero-order valence-corrected chi connectivity index (χ0v) is 16.7. The zero-order chi connectivity index (χ0) is 20.5. The molecule has 0 saturated carbocycles. The highest BCUT2D eigenvalue weighted by molar-refractivity contribution is 9.10. The molecule has 4 aromatic rings. The second-order valence-electron chi connectivity index (χ2n) is 6.50. The van der Waals surface area contributed by atoms with Crippen molar-refractivity contribution in [1.82, 2.24) is 9.55 Å². The first-order valence-electron chi connectivity index (χ1n) is 8.72. The summed E-state index contributed by atoms with van der Waals surface area (Å²) >= 11 is 3.43. The number of nitrogens with zero attached hydrogens (tertiary/aromatic N) is 3. The Morgan fingerprint density at radius 3 is 2.55 bits per heavy atom. The van der Waals surface area contributed by atoms with Gasteiger partial charge in [0.15, 0.2) is 0 Å². The van der Waals surface area contributed by atoms with E-state index in [0.29, 0.717) is 17.6 Å². The highest BCUT2D eigenvalue weighted by Crippen LogP contribution is 2.28. The molecule has 0 aliphatic rings. The molecule has 0 aliphatic carbocycles. The van der Waals surface area contributed by atoms with E-state index in [-0.39, 0.29) is 28.2 Å². The molecule has 0 amide bonds. The minimum Gasteiger partial charge on any atom is -0.398 e. The predicted octanol–water partition coefficient (Wildman–Crippen LogP) is 4.36. The highest BCUT2D eigenvalue weighted by Gasteiger charge is 2.18. The van der Waals surface area contributed by atoms with Gasteiger partial charge in [-0.15, -0.1) is 0 Å². The maximum atomic E-state index is 13.4. The fourth-order valence-electron chi connectivity index (χ4n) is 3.18. The maximum absolute atomic E-state index is 13.4. The number of aromatic nitrogens is 2. The van der Waals surface area contributed by atoms with Crippen molar-refractivity contribution in [2.75, 3.05) is 5.73 Å². The van der Waals surface area contributed by atoms with Crippen LogP contribution in [0.4, 0.5) is 11.4 Å². The number of hydrogen-bond donors (Lipinski definition) is 1. The smallest absolute Gasteiger partial charge is 0.277 e. The van der Waals surface area contributed by atoms with Crippen LogP contribution in [0.3, 0.4) is 0 Å². The molecule has 1 aromatic heterocycles. The average molecular weight is 451 g/mol. The summed E-state index contributed by atoms with van der Waals surface area (Å²) in [6, 6.07) is 19.0. The van der Waals surface area contributed by atoms with Gasteiger partial charge in [-0.25, -0.2) is 4.98 Å². The Kier molecular flexibility index (Phi) is 4.85. The largest absolute Gasteiger partial charge is 0.398 e. The number of halogens is 1. The van der Waals surface area contributed by atoms with Gasteiger partial charge < -0.3 is 10.3 Å². The summed E-state index contributed by atoms with van der Waals surface area (Å²) < 4.78 is 2.41. The van der Waals surface area contributed by atoms with Crippen LogP contribution in [0.1, 0.15) is 5.56 Å². The zero-order valence-electron chi connectivity index (χ0n) is 15.1. The number of benzene rings is 3. The van der Waals surface area contributed by atoms with Crippen molar-refractivity contribution in [2.24, 2.45) is 0 Å². The Labute approximate surface area is 173 Å². The van der Waals surface area contributed by atoms with E-state index in [4.69, 9.17) is 5.73 Å². The van der Waals surface area contributed by atoms with Gasteiger partial charge in [0, 0.05) is 27.9 Å². The Hall–Kier alpha value is -3.52. The molecule has 0 fully saturated rings. The second-order valence-corrected chi connectivity index (χ2v) is 7.41. The van der Waals surface area contributed by atoms with E-state index < -0.39 is 4.92 Å². The molecule has 8 heteroatoms. The number of fused-ring (bicyclic) bond motifs is 1. The van der Waals surface area contributed by atoms with Crippen LogP contribution in [0.5, 0.6) is 0 Å². The predicted molar refractivity (Wildman–Crippen MR) is 116 cm³/mol. The van der Waals surface area contributed by atoms with E-state index in [2.05, 4.69) is 20.9 Å². The first-order chi connectivity index (χ1) is 13.9. The van der Waals surface area contributed by atoms with Gasteiger partial charge in [-0.2, -0.15) is 0 Å². The van der Waals surface area contributed by atoms with Crippen LogP contribution >= 0.6 is 15.9 Å². The van der Waals surface area contributed by atoms with Crippen molar-refractivity contribution in [3.63, 3.8) is 0 Å². The van der Waals surface area contributed by atoms with Crippen molar-refractivity contribution in [3.8, 4) is 11.3 Å². The topological polar surface area (TPSA) is 104 Å². The molecule has 29 heavy (non-hydrogen) atoms. The number of non-ortho nitro benzene ring substituents is 1. The van der Waals surface area contributed by atoms with Crippen LogP contribution in [-0.4, -0.2) is 14.5 Å². The van der Waals surface area contributed by atoms with E-state index >= 15 is 0 Å². The Balaban J connectivity index is 2.01. The van der Waals surface area contributed by atoms with Gasteiger partial charge in [-0.05, 0) is 29.8 Å². The molecule has 2 N–H and O–H groups in total. The summed E-state index contributed by atoms with van der Waals surface area (Å²) in [5.74, 6) is 0. The molecular formula is C21H15BrN4O3. The lowest BCUT2D eigenvalue weighted by atomic mass is 10.1. The van der Waals surface area contributed by atoms with E-state index in [0.717, 1.165) is 10.0 Å². The molecule has 0 aliphatic heterocycles. The lowest BCUT2D eigenvalue weighted by molar-refractivity contribution is -0.384. The summed E-state index contributed by atoms with van der Waals surface area (Å²) in [4.78, 5) is 28.5. The summed E-state index contributed by atoms with van der Waals surface area (Å²) in [7, 11) is 0. The fourth-order valence-corrected chi connectivity index (χ4v) is 3.53. The molecule has 0 spiro atoms. The van der Waals surface area contributed by atoms with Gasteiger partial charge in [0.25, 0.3) is 11.2 Å². The van der Waals surface area contributed by atoms with Crippen LogP contribution in [0.2, 0.25) is 0 Å². The molecule has 0 atom stereocenters. The molecule has 0 saturated heterocycles. The van der Waals surface area contributed by atoms with Crippen molar-refractivity contribution < 1.29 is 4.92 Å². The summed E-state index contributed by atoms with van der Waals surface area (Å²) in [5.41, 5.74) is 8.29. The third-order valence-electron chi connectivity index (χ3n) is 4.59. The second kappa shape index (κ2) is 7.48. The number of nitrogen functional groups attached to an aromatic ring is 1. The highest BCUT2D eigenvalue weighted by atomic mass is 79.9. The minimum atomic E-state index is -0.525. The molecule has 0 unspecified atom stereocenters. The standard InChI is InChI=1S/C21H15BrN4O3/c22-14-6-9-19-18(10-14)24-20(16-11-15(26(28)29)7-8-17(16)23)21(27)25(19)12-13-4-2-1-3-5-13/h1-11H,12,23H2. The molecule has 0 radical (unpaired) electrons. The Bertz CT molecular complexity index is 1300. The fraction of sp³-hybridized carbons (Fsp3) is 0.0476. The molecule has 144 valence electrons. The van der Waals surface area contributed by atoms with Crippen molar-refractivity contribution in [1.29, 1.82) is 0 Å². The van der Waals surface area contributed by atoms with E-state index in [1.807, 2.05) is 42.5 Å². The van der Waals surface area contributed by atoms with Crippen molar-refractivity contribution in [3.05, 3.63) is 97.2 Å². The lowest BCUT2D eigenvalue weighted by Crippen LogP contribution is -2.24. The number of nitrogens with two attached hydrogens (primary N) is 1. The number of anilines is 1. The van der Waals surface area contributed by atoms with Crippen molar-refractivity contribution in [2.45, 2.75) is 6.54 Å². The summed E-state index contributed by atoms with van der Waals surface area (Å²) in [6.45, 7) is 0.335. The Morgan fingerprint density at radius 1 is 1.07 bits per heavy atom. The first kappa shape index (κ1) is 18.8.